The molecule has 0 saturated heterocycles. The predicted octanol–water partition coefficient (Wildman–Crippen LogP) is -0.483. The Morgan fingerprint density at radius 2 is 2.00 bits per heavy atom. The number of nitrogens with one attached hydrogen (secondary N) is 1. The van der Waals surface area contributed by atoms with Gasteiger partial charge in [-0.3, -0.25) is 5.10 Å². The summed E-state index contributed by atoms with van der Waals surface area (Å²) >= 11 is 0. The summed E-state index contributed by atoms with van der Waals surface area (Å²) in [5.41, 5.74) is 12.1. The highest BCUT2D eigenvalue weighted by Crippen LogP contribution is 2.17. The SMILES string of the molecule is Nc1n[nH]c2c(N)ncnc12. The van der Waals surface area contributed by atoms with Gasteiger partial charge in [0.1, 0.15) is 17.4 Å². The quantitative estimate of drug-likeness (QED) is 0.470. The molecule has 0 aliphatic heterocycles. The van der Waals surface area contributed by atoms with Crippen molar-refractivity contribution in [1.29, 1.82) is 0 Å². The minimum absolute atomic E-state index is 0.342. The van der Waals surface area contributed by atoms with Gasteiger partial charge in [0.2, 0.25) is 0 Å². The van der Waals surface area contributed by atoms with Crippen LogP contribution < -0.4 is 11.5 Å². The highest BCUT2D eigenvalue weighted by Gasteiger charge is 2.05. The number of rotatable bonds is 0. The minimum atomic E-state index is 0.342. The van der Waals surface area contributed by atoms with Crippen molar-refractivity contribution in [3.05, 3.63) is 6.33 Å². The molecule has 0 saturated carbocycles. The Balaban J connectivity index is 2.94. The van der Waals surface area contributed by atoms with Gasteiger partial charge in [0, 0.05) is 0 Å². The van der Waals surface area contributed by atoms with E-state index in [0.29, 0.717) is 22.7 Å². The third kappa shape index (κ3) is 0.689. The molecular formula is C5H6N6. The smallest absolute Gasteiger partial charge is 0.172 e. The molecule has 0 radical (unpaired) electrons. The Morgan fingerprint density at radius 1 is 1.18 bits per heavy atom. The van der Waals surface area contributed by atoms with E-state index in [9.17, 15) is 0 Å². The maximum absolute atomic E-state index is 5.49. The molecule has 0 unspecified atom stereocenters. The fourth-order valence-electron chi connectivity index (χ4n) is 0.873. The van der Waals surface area contributed by atoms with Crippen LogP contribution in [0.4, 0.5) is 11.6 Å². The van der Waals surface area contributed by atoms with Gasteiger partial charge in [-0.05, 0) is 0 Å². The fourth-order valence-corrected chi connectivity index (χ4v) is 0.873. The number of nitrogen functional groups attached to an aromatic ring is 2. The maximum atomic E-state index is 5.49. The molecule has 2 heterocycles. The summed E-state index contributed by atoms with van der Waals surface area (Å²) in [6.07, 6.45) is 1.35. The zero-order valence-electron chi connectivity index (χ0n) is 5.57. The van der Waals surface area contributed by atoms with E-state index >= 15 is 0 Å². The highest BCUT2D eigenvalue weighted by molar-refractivity contribution is 5.90. The van der Waals surface area contributed by atoms with Gasteiger partial charge in [-0.2, -0.15) is 5.10 Å². The van der Waals surface area contributed by atoms with Gasteiger partial charge in [0.25, 0.3) is 0 Å². The summed E-state index contributed by atoms with van der Waals surface area (Å²) in [7, 11) is 0. The molecule has 0 spiro atoms. The molecule has 6 heteroatoms. The van der Waals surface area contributed by atoms with Crippen LogP contribution in [0, 0.1) is 0 Å². The average molecular weight is 150 g/mol. The molecule has 0 aromatic carbocycles. The second-order valence-electron chi connectivity index (χ2n) is 2.09. The van der Waals surface area contributed by atoms with Crippen LogP contribution in [0.5, 0.6) is 0 Å². The van der Waals surface area contributed by atoms with E-state index in [1.807, 2.05) is 0 Å². The van der Waals surface area contributed by atoms with Gasteiger partial charge in [0.15, 0.2) is 11.6 Å². The first-order valence-electron chi connectivity index (χ1n) is 2.99. The molecule has 0 bridgehead atoms. The van der Waals surface area contributed by atoms with Gasteiger partial charge in [-0.1, -0.05) is 0 Å². The molecule has 56 valence electrons. The van der Waals surface area contributed by atoms with E-state index in [1.165, 1.54) is 6.33 Å². The van der Waals surface area contributed by atoms with Gasteiger partial charge in [-0.25, -0.2) is 9.97 Å². The summed E-state index contributed by atoms with van der Waals surface area (Å²) in [6, 6.07) is 0. The molecule has 0 atom stereocenters. The van der Waals surface area contributed by atoms with Crippen molar-refractivity contribution in [2.45, 2.75) is 0 Å². The van der Waals surface area contributed by atoms with Crippen LogP contribution in [0.2, 0.25) is 0 Å². The summed E-state index contributed by atoms with van der Waals surface area (Å²) in [6.45, 7) is 0. The van der Waals surface area contributed by atoms with Crippen LogP contribution in [-0.2, 0) is 0 Å². The normalized spacial score (nSPS) is 10.5. The Bertz CT molecular complexity index is 391. The number of hydrogen-bond donors (Lipinski definition) is 3. The zero-order valence-corrected chi connectivity index (χ0v) is 5.57. The van der Waals surface area contributed by atoms with Crippen LogP contribution in [0.25, 0.3) is 11.0 Å². The van der Waals surface area contributed by atoms with Crippen molar-refractivity contribution < 1.29 is 0 Å². The van der Waals surface area contributed by atoms with E-state index in [0.717, 1.165) is 0 Å². The number of hydrogen-bond acceptors (Lipinski definition) is 5. The van der Waals surface area contributed by atoms with Crippen molar-refractivity contribution in [3.63, 3.8) is 0 Å². The molecule has 2 rings (SSSR count). The Hall–Kier alpha value is -1.85. The zero-order chi connectivity index (χ0) is 7.84. The second-order valence-corrected chi connectivity index (χ2v) is 2.09. The number of aromatic nitrogens is 4. The Kier molecular flexibility index (Phi) is 0.974. The molecule has 0 amide bonds. The van der Waals surface area contributed by atoms with Crippen molar-refractivity contribution in [1.82, 2.24) is 20.2 Å². The predicted molar refractivity (Wildman–Crippen MR) is 40.5 cm³/mol. The number of anilines is 2. The van der Waals surface area contributed by atoms with E-state index in [-0.39, 0.29) is 0 Å². The third-order valence-electron chi connectivity index (χ3n) is 1.41. The second kappa shape index (κ2) is 1.82. The van der Waals surface area contributed by atoms with Crippen LogP contribution in [-0.4, -0.2) is 20.2 Å². The van der Waals surface area contributed by atoms with Crippen molar-refractivity contribution in [2.75, 3.05) is 11.5 Å². The van der Waals surface area contributed by atoms with E-state index in [4.69, 9.17) is 11.5 Å². The lowest BCUT2D eigenvalue weighted by Crippen LogP contribution is -1.92. The molecule has 5 N–H and O–H groups in total. The topological polar surface area (TPSA) is 106 Å². The van der Waals surface area contributed by atoms with E-state index < -0.39 is 0 Å². The molecule has 2 aromatic heterocycles. The van der Waals surface area contributed by atoms with Crippen LogP contribution in [0.3, 0.4) is 0 Å². The number of nitrogens with zero attached hydrogens (tertiary/aromatic N) is 3. The van der Waals surface area contributed by atoms with Crippen molar-refractivity contribution >= 4 is 22.7 Å². The fraction of sp³-hybridized carbons (Fsp3) is 0. The minimum Gasteiger partial charge on any atom is -0.382 e. The first-order chi connectivity index (χ1) is 5.29. The maximum Gasteiger partial charge on any atom is 0.172 e. The van der Waals surface area contributed by atoms with Gasteiger partial charge >= 0.3 is 0 Å². The first kappa shape index (κ1) is 5.90. The van der Waals surface area contributed by atoms with Crippen LogP contribution in [0.15, 0.2) is 6.33 Å². The molecule has 0 aliphatic carbocycles. The first-order valence-corrected chi connectivity index (χ1v) is 2.99. The standard InChI is InChI=1S/C5H6N6/c6-4-3-2(8-1-9-4)5(7)11-10-3/h1H,(H2,6,8,9)(H3,7,10,11). The van der Waals surface area contributed by atoms with Gasteiger partial charge in [-0.15, -0.1) is 0 Å². The van der Waals surface area contributed by atoms with Crippen LogP contribution in [0.1, 0.15) is 0 Å². The van der Waals surface area contributed by atoms with Crippen molar-refractivity contribution in [3.8, 4) is 0 Å². The summed E-state index contributed by atoms with van der Waals surface area (Å²) in [5.74, 6) is 0.702. The number of aromatic amines is 1. The van der Waals surface area contributed by atoms with Crippen LogP contribution >= 0.6 is 0 Å². The Labute approximate surface area is 61.6 Å². The molecule has 11 heavy (non-hydrogen) atoms. The molecule has 6 nitrogen and oxygen atoms in total. The largest absolute Gasteiger partial charge is 0.382 e. The monoisotopic (exact) mass is 150 g/mol. The summed E-state index contributed by atoms with van der Waals surface area (Å²) in [4.78, 5) is 7.65. The Morgan fingerprint density at radius 3 is 2.73 bits per heavy atom. The number of fused-ring (bicyclic) bond motifs is 1. The number of nitrogens with two attached hydrogens (primary N) is 2. The molecular weight excluding hydrogens is 144 g/mol. The third-order valence-corrected chi connectivity index (χ3v) is 1.41. The average Bonchev–Trinajstić information content (AvgIpc) is 2.35. The van der Waals surface area contributed by atoms with Gasteiger partial charge < -0.3 is 11.5 Å². The lowest BCUT2D eigenvalue weighted by molar-refractivity contribution is 1.12. The molecule has 0 fully saturated rings. The lowest BCUT2D eigenvalue weighted by atomic mass is 10.4. The molecule has 2 aromatic rings. The van der Waals surface area contributed by atoms with Gasteiger partial charge in [0.05, 0.1) is 0 Å². The highest BCUT2D eigenvalue weighted by atomic mass is 15.2. The summed E-state index contributed by atoms with van der Waals surface area (Å²) in [5, 5.41) is 6.36. The number of H-pyrrole nitrogens is 1. The van der Waals surface area contributed by atoms with Crippen molar-refractivity contribution in [2.24, 2.45) is 0 Å². The van der Waals surface area contributed by atoms with E-state index in [2.05, 4.69) is 20.2 Å². The summed E-state index contributed by atoms with van der Waals surface area (Å²) < 4.78 is 0. The van der Waals surface area contributed by atoms with E-state index in [1.54, 1.807) is 0 Å². The lowest BCUT2D eigenvalue weighted by Gasteiger charge is -1.90. The molecule has 0 aliphatic rings.